The summed E-state index contributed by atoms with van der Waals surface area (Å²) in [7, 11) is 0. The summed E-state index contributed by atoms with van der Waals surface area (Å²) in [6.07, 6.45) is 3.99. The van der Waals surface area contributed by atoms with Gasteiger partial charge in [0.25, 0.3) is 0 Å². The first kappa shape index (κ1) is 37.8. The predicted molar refractivity (Wildman–Crippen MR) is 267 cm³/mol. The minimum absolute atomic E-state index is 0.0673. The summed E-state index contributed by atoms with van der Waals surface area (Å²) in [5, 5.41) is 7.59. The number of hydrogen-bond acceptors (Lipinski definition) is 3. The monoisotopic (exact) mass is 812 g/mol. The fourth-order valence-corrected chi connectivity index (χ4v) is 10.6. The Hall–Kier alpha value is -7.20. The molecule has 2 nitrogen and oxygen atoms in total. The van der Waals surface area contributed by atoms with Gasteiger partial charge in [0.15, 0.2) is 5.84 Å². The Bertz CT molecular complexity index is 3420. The van der Waals surface area contributed by atoms with E-state index in [1.165, 1.54) is 75.1 Å². The van der Waals surface area contributed by atoms with Crippen LogP contribution < -0.4 is 0 Å². The molecule has 10 aromatic rings. The number of hydrogen-bond donors (Lipinski definition) is 0. The molecule has 9 aromatic carbocycles. The van der Waals surface area contributed by atoms with E-state index >= 15 is 0 Å². The molecule has 296 valence electrons. The van der Waals surface area contributed by atoms with Crippen molar-refractivity contribution in [2.45, 2.75) is 32.6 Å². The van der Waals surface area contributed by atoms with Crippen LogP contribution in [0.5, 0.6) is 0 Å². The highest BCUT2D eigenvalue weighted by Crippen LogP contribution is 2.45. The summed E-state index contributed by atoms with van der Waals surface area (Å²) in [5.41, 5.74) is 14.1. The highest BCUT2D eigenvalue weighted by Gasteiger charge is 2.23. The standard InChI is InChI=1S/C59H44N2S/c1-38-31-32-41-19-11-12-26-48(41)57(38)51-35-45-23-10-9-22-44(45)34-50(51)39(2)47-36-52-49-27-13-14-30-56(49)62-58(52)53(37-47)55-29-16-28-54(42-20-7-4-8-21-42)60-59(61-55)46-25-15-24-43(33-46)40-17-5-3-6-18-40/h3-15,17-27,29-37,39H,16,28H2,1-2H3/b55-29-,60-54-,61-59-. The van der Waals surface area contributed by atoms with Gasteiger partial charge in [-0.15, -0.1) is 11.3 Å². The van der Waals surface area contributed by atoms with Crippen molar-refractivity contribution in [3.8, 4) is 22.3 Å². The quantitative estimate of drug-likeness (QED) is 0.153. The van der Waals surface area contributed by atoms with E-state index < -0.39 is 0 Å². The zero-order valence-electron chi connectivity index (χ0n) is 34.8. The second-order valence-corrected chi connectivity index (χ2v) is 17.5. The van der Waals surface area contributed by atoms with E-state index in [0.717, 1.165) is 52.3 Å². The molecule has 11 rings (SSSR count). The van der Waals surface area contributed by atoms with Crippen LogP contribution in [0, 0.1) is 6.92 Å². The molecule has 0 N–H and O–H groups in total. The number of fused-ring (bicyclic) bond motifs is 5. The van der Waals surface area contributed by atoms with Gasteiger partial charge in [0.05, 0.1) is 11.4 Å². The maximum atomic E-state index is 5.63. The Kier molecular flexibility index (Phi) is 9.75. The highest BCUT2D eigenvalue weighted by atomic mass is 32.1. The van der Waals surface area contributed by atoms with Gasteiger partial charge in [-0.25, -0.2) is 9.98 Å². The largest absolute Gasteiger partial charge is 0.232 e. The van der Waals surface area contributed by atoms with Crippen molar-refractivity contribution in [2.24, 2.45) is 9.98 Å². The van der Waals surface area contributed by atoms with Crippen LogP contribution in [0.25, 0.3) is 69.7 Å². The molecule has 62 heavy (non-hydrogen) atoms. The Morgan fingerprint density at radius 1 is 0.500 bits per heavy atom. The molecule has 1 aliphatic heterocycles. The Morgan fingerprint density at radius 2 is 1.16 bits per heavy atom. The number of allylic oxidation sites excluding steroid dienone is 1. The number of aliphatic imine (C=N–C) groups is 2. The lowest BCUT2D eigenvalue weighted by Gasteiger charge is -2.22. The van der Waals surface area contributed by atoms with Gasteiger partial charge in [-0.3, -0.25) is 0 Å². The van der Waals surface area contributed by atoms with Crippen molar-refractivity contribution in [3.05, 3.63) is 234 Å². The number of rotatable bonds is 7. The van der Waals surface area contributed by atoms with Crippen LogP contribution in [0.1, 0.15) is 59.1 Å². The van der Waals surface area contributed by atoms with E-state index in [1.54, 1.807) is 0 Å². The van der Waals surface area contributed by atoms with Crippen LogP contribution in [-0.2, 0) is 0 Å². The molecule has 1 aromatic heterocycles. The molecule has 0 saturated carbocycles. The van der Waals surface area contributed by atoms with Crippen LogP contribution in [0.4, 0.5) is 0 Å². The lowest BCUT2D eigenvalue weighted by atomic mass is 9.82. The van der Waals surface area contributed by atoms with Crippen molar-refractivity contribution in [2.75, 3.05) is 0 Å². The van der Waals surface area contributed by atoms with E-state index in [-0.39, 0.29) is 5.92 Å². The van der Waals surface area contributed by atoms with Gasteiger partial charge in [-0.2, -0.15) is 0 Å². The van der Waals surface area contributed by atoms with Gasteiger partial charge in [0.2, 0.25) is 0 Å². The number of benzene rings is 9. The van der Waals surface area contributed by atoms with Crippen molar-refractivity contribution in [1.29, 1.82) is 0 Å². The summed E-state index contributed by atoms with van der Waals surface area (Å²) < 4.78 is 2.54. The third-order valence-electron chi connectivity index (χ3n) is 12.6. The third-order valence-corrected chi connectivity index (χ3v) is 13.8. The van der Waals surface area contributed by atoms with Gasteiger partial charge >= 0.3 is 0 Å². The molecular formula is C59H44N2S. The topological polar surface area (TPSA) is 24.7 Å². The van der Waals surface area contributed by atoms with Gasteiger partial charge < -0.3 is 0 Å². The first-order chi connectivity index (χ1) is 30.6. The SMILES string of the molecule is Cc1ccc2ccccc2c1-c1cc2ccccc2cc1C(C)c1cc(C2=C/CC/C(c3ccccc3)=N/C(c3cccc(-c4ccccc4)c3)=N\2)c2sc3ccccc3c2c1. The zero-order chi connectivity index (χ0) is 41.6. The van der Waals surface area contributed by atoms with E-state index in [2.05, 4.69) is 214 Å². The number of thiophene rings is 1. The van der Waals surface area contributed by atoms with Crippen LogP contribution >= 0.6 is 11.3 Å². The van der Waals surface area contributed by atoms with Crippen LogP contribution in [0.15, 0.2) is 210 Å². The van der Waals surface area contributed by atoms with Gasteiger partial charge in [0, 0.05) is 37.2 Å². The molecule has 0 saturated heterocycles. The average molecular weight is 813 g/mol. The van der Waals surface area contributed by atoms with Gasteiger partial charge in [-0.1, -0.05) is 171 Å². The van der Waals surface area contributed by atoms with Crippen molar-refractivity contribution >= 4 is 70.3 Å². The molecule has 0 fully saturated rings. The second-order valence-electron chi connectivity index (χ2n) is 16.5. The molecule has 1 atom stereocenters. The van der Waals surface area contributed by atoms with E-state index in [1.807, 2.05) is 11.3 Å². The Balaban J connectivity index is 1.13. The third kappa shape index (κ3) is 6.95. The fraction of sp³-hybridized carbons (Fsp3) is 0.0847. The lowest BCUT2D eigenvalue weighted by molar-refractivity contribution is 0.929. The fourth-order valence-electron chi connectivity index (χ4n) is 9.36. The Labute approximate surface area is 366 Å². The normalized spacial score (nSPS) is 16.3. The molecular weight excluding hydrogens is 769 g/mol. The second kappa shape index (κ2) is 16.0. The molecule has 0 aliphatic carbocycles. The van der Waals surface area contributed by atoms with E-state index in [9.17, 15) is 0 Å². The first-order valence-corrected chi connectivity index (χ1v) is 22.4. The van der Waals surface area contributed by atoms with E-state index in [4.69, 9.17) is 9.98 Å². The molecule has 1 aliphatic rings. The minimum Gasteiger partial charge on any atom is -0.232 e. The first-order valence-electron chi connectivity index (χ1n) is 21.6. The summed E-state index contributed by atoms with van der Waals surface area (Å²) in [4.78, 5) is 11.1. The van der Waals surface area contributed by atoms with Crippen LogP contribution in [-0.4, -0.2) is 11.5 Å². The predicted octanol–water partition coefficient (Wildman–Crippen LogP) is 16.2. The van der Waals surface area contributed by atoms with Crippen molar-refractivity contribution < 1.29 is 0 Å². The van der Waals surface area contributed by atoms with Crippen molar-refractivity contribution in [1.82, 2.24) is 0 Å². The summed E-state index contributed by atoms with van der Waals surface area (Å²) in [6.45, 7) is 4.64. The minimum atomic E-state index is 0.0673. The lowest BCUT2D eigenvalue weighted by Crippen LogP contribution is -2.09. The highest BCUT2D eigenvalue weighted by molar-refractivity contribution is 7.26. The Morgan fingerprint density at radius 3 is 1.97 bits per heavy atom. The maximum absolute atomic E-state index is 5.63. The van der Waals surface area contributed by atoms with Crippen LogP contribution in [0.2, 0.25) is 0 Å². The molecule has 0 spiro atoms. The summed E-state index contributed by atoms with van der Waals surface area (Å²) in [5.74, 6) is 0.793. The molecule has 2 heterocycles. The van der Waals surface area contributed by atoms with Crippen molar-refractivity contribution in [3.63, 3.8) is 0 Å². The van der Waals surface area contributed by atoms with Gasteiger partial charge in [0.1, 0.15) is 0 Å². The smallest absolute Gasteiger partial charge is 0.160 e. The molecule has 3 heteroatoms. The molecule has 0 amide bonds. The summed E-state index contributed by atoms with van der Waals surface area (Å²) >= 11 is 1.86. The molecule has 0 radical (unpaired) electrons. The zero-order valence-corrected chi connectivity index (χ0v) is 35.7. The number of aryl methyl sites for hydroxylation is 1. The summed E-state index contributed by atoms with van der Waals surface area (Å²) in [6, 6.07) is 70.6. The maximum Gasteiger partial charge on any atom is 0.160 e. The average Bonchev–Trinajstić information content (AvgIpc) is 3.70. The number of amidine groups is 1. The number of nitrogens with zero attached hydrogens (tertiary/aromatic N) is 2. The van der Waals surface area contributed by atoms with Gasteiger partial charge in [-0.05, 0) is 122 Å². The van der Waals surface area contributed by atoms with Crippen LogP contribution in [0.3, 0.4) is 0 Å². The molecule has 0 bridgehead atoms. The van der Waals surface area contributed by atoms with E-state index in [0.29, 0.717) is 0 Å². The molecule has 1 unspecified atom stereocenters.